The fraction of sp³-hybridized carbons (Fsp3) is 0.969. The first-order chi connectivity index (χ1) is 25.5. The molecule has 4 aliphatic rings. The van der Waals surface area contributed by atoms with Crippen LogP contribution in [0.25, 0.3) is 0 Å². The van der Waals surface area contributed by atoms with Gasteiger partial charge in [-0.25, -0.2) is 0 Å². The van der Waals surface area contributed by atoms with E-state index in [1.807, 2.05) is 0 Å². The maximum absolute atomic E-state index is 13.1. The third-order valence-electron chi connectivity index (χ3n) is 9.72. The Labute approximate surface area is 310 Å². The van der Waals surface area contributed by atoms with Crippen LogP contribution in [0, 0.1) is 5.92 Å². The van der Waals surface area contributed by atoms with Gasteiger partial charge in [0.2, 0.25) is 0 Å². The van der Waals surface area contributed by atoms with Crippen molar-refractivity contribution in [2.45, 2.75) is 156 Å². The number of hydrogen-bond donors (Lipinski definition) is 13. The summed E-state index contributed by atoms with van der Waals surface area (Å²) in [5.74, 6) is -1.37. The fourth-order valence-corrected chi connectivity index (χ4v) is 6.86. The molecule has 0 saturated carbocycles. The summed E-state index contributed by atoms with van der Waals surface area (Å²) >= 11 is 0. The molecule has 54 heavy (non-hydrogen) atoms. The molecule has 0 aromatic heterocycles. The third-order valence-corrected chi connectivity index (χ3v) is 9.72. The summed E-state index contributed by atoms with van der Waals surface area (Å²) in [6.07, 6.45) is -34.6. The van der Waals surface area contributed by atoms with Crippen molar-refractivity contribution in [1.29, 1.82) is 0 Å². The molecule has 22 heteroatoms. The highest BCUT2D eigenvalue weighted by atomic mass is 16.8. The van der Waals surface area contributed by atoms with Crippen molar-refractivity contribution >= 4 is 5.91 Å². The molecule has 0 aliphatic carbocycles. The van der Waals surface area contributed by atoms with Crippen LogP contribution in [0.5, 0.6) is 0 Å². The van der Waals surface area contributed by atoms with E-state index >= 15 is 0 Å². The van der Waals surface area contributed by atoms with Crippen molar-refractivity contribution in [3.05, 3.63) is 0 Å². The first-order valence-corrected chi connectivity index (χ1v) is 17.9. The van der Waals surface area contributed by atoms with Crippen LogP contribution < -0.4 is 5.32 Å². The van der Waals surface area contributed by atoms with Gasteiger partial charge in [0, 0.05) is 6.54 Å². The van der Waals surface area contributed by atoms with Gasteiger partial charge in [0.1, 0.15) is 91.6 Å². The summed E-state index contributed by atoms with van der Waals surface area (Å²) < 4.78 is 45.4. The molecule has 20 unspecified atom stereocenters. The van der Waals surface area contributed by atoms with Crippen LogP contribution in [-0.4, -0.2) is 229 Å². The number of amides is 1. The van der Waals surface area contributed by atoms with Crippen LogP contribution in [0.1, 0.15) is 27.7 Å². The van der Waals surface area contributed by atoms with Crippen LogP contribution >= 0.6 is 0 Å². The lowest BCUT2D eigenvalue weighted by Gasteiger charge is -2.49. The lowest BCUT2D eigenvalue weighted by molar-refractivity contribution is -0.384. The number of hydrogen-bond acceptors (Lipinski definition) is 21. The number of aliphatic hydroxyl groups excluding tert-OH is 12. The zero-order chi connectivity index (χ0) is 40.2. The second kappa shape index (κ2) is 19.9. The minimum Gasteiger partial charge on any atom is -0.395 e. The molecule has 13 N–H and O–H groups in total. The van der Waals surface area contributed by atoms with Gasteiger partial charge < -0.3 is 104 Å². The Morgan fingerprint density at radius 1 is 0.556 bits per heavy atom. The zero-order valence-electron chi connectivity index (χ0n) is 30.3. The van der Waals surface area contributed by atoms with Crippen molar-refractivity contribution in [3.63, 3.8) is 0 Å². The Morgan fingerprint density at radius 3 is 1.41 bits per heavy atom. The number of carbonyl (C=O) groups excluding carboxylic acids is 1. The summed E-state index contributed by atoms with van der Waals surface area (Å²) in [6.45, 7) is 3.51. The van der Waals surface area contributed by atoms with Crippen LogP contribution in [0.3, 0.4) is 0 Å². The van der Waals surface area contributed by atoms with E-state index < -0.39 is 161 Å². The van der Waals surface area contributed by atoms with E-state index in [4.69, 9.17) is 37.9 Å². The zero-order valence-corrected chi connectivity index (χ0v) is 30.3. The summed E-state index contributed by atoms with van der Waals surface area (Å²) in [7, 11) is 0. The van der Waals surface area contributed by atoms with E-state index in [-0.39, 0.29) is 12.5 Å². The molecule has 4 heterocycles. The largest absolute Gasteiger partial charge is 0.395 e. The molecule has 316 valence electrons. The first kappa shape index (κ1) is 45.4. The number of rotatable bonds is 15. The number of carbonyl (C=O) groups is 1. The van der Waals surface area contributed by atoms with E-state index in [1.54, 1.807) is 27.7 Å². The molecule has 0 aromatic carbocycles. The molecular weight excluding hydrogens is 734 g/mol. The highest BCUT2D eigenvalue weighted by molar-refractivity contribution is 5.81. The van der Waals surface area contributed by atoms with Gasteiger partial charge in [-0.1, -0.05) is 13.8 Å². The Morgan fingerprint density at radius 2 is 0.963 bits per heavy atom. The van der Waals surface area contributed by atoms with Gasteiger partial charge in [-0.2, -0.15) is 0 Å². The average Bonchev–Trinajstić information content (AvgIpc) is 3.13. The summed E-state index contributed by atoms with van der Waals surface area (Å²) in [5, 5.41) is 130. The maximum atomic E-state index is 13.1. The topological polar surface area (TPSA) is 346 Å². The standard InChI is InChI=1S/C32H57NO21/c1-10(2)23-18(41)24(15(38)12(7-35)48-23)51-31-21(44)26(17(40)14(9-37)50-31)52-32-22(45)27(19(42)28(54-32)29(46)33-5-6-34)53-30-20(43)25(47-11(3)4)16(39)13(8-36)49-30/h10-28,30-32,34-45H,5-9H2,1-4H3,(H,33,46). The summed E-state index contributed by atoms with van der Waals surface area (Å²) in [5.41, 5.74) is 0. The SMILES string of the molecule is CC(C)OC1C(O)C(CO)OC(OC2C(O)C(OC3C(O)C(CO)OC(OC4C(O)C(CO)OC(C(C)C)C4O)C3O)OC(C(=O)NCCO)C2O)C1O. The molecule has 4 fully saturated rings. The molecule has 0 bridgehead atoms. The quantitative estimate of drug-likeness (QED) is 0.0732. The molecule has 0 radical (unpaired) electrons. The molecule has 4 rings (SSSR count). The fourth-order valence-electron chi connectivity index (χ4n) is 6.86. The smallest absolute Gasteiger partial charge is 0.252 e. The number of aliphatic hydroxyl groups is 12. The number of ether oxygens (including phenoxy) is 8. The molecule has 22 nitrogen and oxygen atoms in total. The second-order valence-corrected chi connectivity index (χ2v) is 14.3. The van der Waals surface area contributed by atoms with Gasteiger partial charge in [-0.15, -0.1) is 0 Å². The summed E-state index contributed by atoms with van der Waals surface area (Å²) in [4.78, 5) is 13.1. The Hall–Kier alpha value is -1.33. The van der Waals surface area contributed by atoms with Crippen molar-refractivity contribution in [2.24, 2.45) is 5.92 Å². The maximum Gasteiger partial charge on any atom is 0.252 e. The normalized spacial score (nSPS) is 46.2. The molecule has 0 spiro atoms. The van der Waals surface area contributed by atoms with Crippen LogP contribution in [0.2, 0.25) is 0 Å². The molecule has 0 aromatic rings. The second-order valence-electron chi connectivity index (χ2n) is 14.3. The van der Waals surface area contributed by atoms with Gasteiger partial charge in [-0.05, 0) is 19.8 Å². The predicted octanol–water partition coefficient (Wildman–Crippen LogP) is -7.49. The Kier molecular flexibility index (Phi) is 16.7. The first-order valence-electron chi connectivity index (χ1n) is 17.9. The van der Waals surface area contributed by atoms with Crippen molar-refractivity contribution < 1.29 is 104 Å². The monoisotopic (exact) mass is 791 g/mol. The van der Waals surface area contributed by atoms with E-state index in [1.165, 1.54) is 0 Å². The van der Waals surface area contributed by atoms with E-state index in [0.29, 0.717) is 0 Å². The van der Waals surface area contributed by atoms with Gasteiger partial charge in [0.25, 0.3) is 5.91 Å². The molecular formula is C32H57NO21. The van der Waals surface area contributed by atoms with Gasteiger partial charge in [0.05, 0.1) is 38.6 Å². The Bertz CT molecular complexity index is 1160. The van der Waals surface area contributed by atoms with Crippen molar-refractivity contribution in [3.8, 4) is 0 Å². The van der Waals surface area contributed by atoms with Gasteiger partial charge in [-0.3, -0.25) is 4.79 Å². The van der Waals surface area contributed by atoms with E-state index in [2.05, 4.69) is 5.32 Å². The molecule has 20 atom stereocenters. The van der Waals surface area contributed by atoms with Crippen molar-refractivity contribution in [2.75, 3.05) is 33.0 Å². The van der Waals surface area contributed by atoms with E-state index in [9.17, 15) is 66.1 Å². The van der Waals surface area contributed by atoms with Crippen molar-refractivity contribution in [1.82, 2.24) is 5.32 Å². The minimum absolute atomic E-state index is 0.299. The van der Waals surface area contributed by atoms with Crippen LogP contribution in [0.4, 0.5) is 0 Å². The van der Waals surface area contributed by atoms with E-state index in [0.717, 1.165) is 0 Å². The minimum atomic E-state index is -2.12. The molecule has 4 saturated heterocycles. The Balaban J connectivity index is 1.62. The van der Waals surface area contributed by atoms with Gasteiger partial charge >= 0.3 is 0 Å². The lowest BCUT2D eigenvalue weighted by Crippen LogP contribution is -2.68. The van der Waals surface area contributed by atoms with Crippen LogP contribution in [-0.2, 0) is 42.7 Å². The highest BCUT2D eigenvalue weighted by Crippen LogP contribution is 2.35. The lowest BCUT2D eigenvalue weighted by atomic mass is 9.89. The third kappa shape index (κ3) is 9.85. The average molecular weight is 792 g/mol. The van der Waals surface area contributed by atoms with Gasteiger partial charge in [0.15, 0.2) is 25.0 Å². The van der Waals surface area contributed by atoms with Crippen LogP contribution in [0.15, 0.2) is 0 Å². The summed E-state index contributed by atoms with van der Waals surface area (Å²) in [6, 6.07) is 0. The predicted molar refractivity (Wildman–Crippen MR) is 174 cm³/mol. The molecule has 1 amide bonds. The number of nitrogens with one attached hydrogen (secondary N) is 1. The molecule has 4 aliphatic heterocycles. The highest BCUT2D eigenvalue weighted by Gasteiger charge is 2.56.